The predicted molar refractivity (Wildman–Crippen MR) is 70.9 cm³/mol. The SMILES string of the molecule is Cc1cccc(CN(CCCCO)C2CC2)c1. The van der Waals surface area contributed by atoms with Crippen LogP contribution in [0.15, 0.2) is 24.3 Å². The van der Waals surface area contributed by atoms with Crippen LogP contribution < -0.4 is 0 Å². The molecule has 2 rings (SSSR count). The number of rotatable bonds is 7. The number of aliphatic hydroxyl groups excluding tert-OH is 1. The highest BCUT2D eigenvalue weighted by Crippen LogP contribution is 2.28. The van der Waals surface area contributed by atoms with E-state index >= 15 is 0 Å². The Kier molecular flexibility index (Phi) is 4.57. The Morgan fingerprint density at radius 2 is 2.12 bits per heavy atom. The molecule has 0 amide bonds. The van der Waals surface area contributed by atoms with E-state index in [4.69, 9.17) is 5.11 Å². The smallest absolute Gasteiger partial charge is 0.0431 e. The Morgan fingerprint density at radius 3 is 2.76 bits per heavy atom. The molecule has 0 bridgehead atoms. The molecule has 0 atom stereocenters. The lowest BCUT2D eigenvalue weighted by molar-refractivity contribution is 0.229. The summed E-state index contributed by atoms with van der Waals surface area (Å²) in [5.74, 6) is 0. The van der Waals surface area contributed by atoms with Gasteiger partial charge in [-0.2, -0.15) is 0 Å². The Bertz CT molecular complexity index is 347. The monoisotopic (exact) mass is 233 g/mol. The molecule has 1 aromatic rings. The first-order valence-corrected chi connectivity index (χ1v) is 6.70. The number of aliphatic hydroxyl groups is 1. The standard InChI is InChI=1S/C15H23NO/c1-13-5-4-6-14(11-13)12-16(15-7-8-15)9-2-3-10-17/h4-6,11,15,17H,2-3,7-10,12H2,1H3. The molecule has 94 valence electrons. The van der Waals surface area contributed by atoms with E-state index in [2.05, 4.69) is 36.1 Å². The maximum atomic E-state index is 8.84. The maximum absolute atomic E-state index is 8.84. The quantitative estimate of drug-likeness (QED) is 0.732. The Hall–Kier alpha value is -0.860. The Morgan fingerprint density at radius 1 is 1.29 bits per heavy atom. The van der Waals surface area contributed by atoms with Crippen molar-refractivity contribution in [1.29, 1.82) is 0 Å². The molecule has 0 unspecified atom stereocenters. The summed E-state index contributed by atoms with van der Waals surface area (Å²) < 4.78 is 0. The van der Waals surface area contributed by atoms with Crippen LogP contribution in [0.3, 0.4) is 0 Å². The van der Waals surface area contributed by atoms with Crippen molar-refractivity contribution in [1.82, 2.24) is 4.90 Å². The van der Waals surface area contributed by atoms with Gasteiger partial charge in [0, 0.05) is 19.2 Å². The van der Waals surface area contributed by atoms with Gasteiger partial charge in [0.05, 0.1) is 0 Å². The van der Waals surface area contributed by atoms with Crippen LogP contribution in [0.1, 0.15) is 36.8 Å². The molecule has 1 fully saturated rings. The van der Waals surface area contributed by atoms with Crippen molar-refractivity contribution in [3.05, 3.63) is 35.4 Å². The summed E-state index contributed by atoms with van der Waals surface area (Å²) >= 11 is 0. The van der Waals surface area contributed by atoms with Crippen molar-refractivity contribution in [3.63, 3.8) is 0 Å². The number of hydrogen-bond donors (Lipinski definition) is 1. The molecule has 2 heteroatoms. The van der Waals surface area contributed by atoms with Crippen molar-refractivity contribution < 1.29 is 5.11 Å². The molecule has 1 aliphatic carbocycles. The average Bonchev–Trinajstić information content (AvgIpc) is 3.12. The van der Waals surface area contributed by atoms with Gasteiger partial charge in [0.25, 0.3) is 0 Å². The molecular weight excluding hydrogens is 210 g/mol. The van der Waals surface area contributed by atoms with Gasteiger partial charge >= 0.3 is 0 Å². The maximum Gasteiger partial charge on any atom is 0.0431 e. The summed E-state index contributed by atoms with van der Waals surface area (Å²) in [5.41, 5.74) is 2.76. The summed E-state index contributed by atoms with van der Waals surface area (Å²) in [7, 11) is 0. The molecule has 0 saturated heterocycles. The van der Waals surface area contributed by atoms with Gasteiger partial charge in [-0.25, -0.2) is 0 Å². The normalized spacial score (nSPS) is 15.5. The number of aryl methyl sites for hydroxylation is 1. The summed E-state index contributed by atoms with van der Waals surface area (Å²) in [5, 5.41) is 8.84. The van der Waals surface area contributed by atoms with E-state index in [9.17, 15) is 0 Å². The van der Waals surface area contributed by atoms with Gasteiger partial charge in [-0.15, -0.1) is 0 Å². The van der Waals surface area contributed by atoms with E-state index in [-0.39, 0.29) is 0 Å². The lowest BCUT2D eigenvalue weighted by Gasteiger charge is -2.22. The molecule has 0 radical (unpaired) electrons. The molecule has 0 aliphatic heterocycles. The molecule has 17 heavy (non-hydrogen) atoms. The van der Waals surface area contributed by atoms with Gasteiger partial charge < -0.3 is 5.11 Å². The fourth-order valence-corrected chi connectivity index (χ4v) is 2.30. The lowest BCUT2D eigenvalue weighted by Crippen LogP contribution is -2.26. The third-order valence-corrected chi connectivity index (χ3v) is 3.38. The van der Waals surface area contributed by atoms with E-state index in [1.807, 2.05) is 0 Å². The van der Waals surface area contributed by atoms with Crippen molar-refractivity contribution in [2.45, 2.75) is 45.2 Å². The first-order chi connectivity index (χ1) is 8.29. The van der Waals surface area contributed by atoms with Crippen LogP contribution in [-0.2, 0) is 6.54 Å². The summed E-state index contributed by atoms with van der Waals surface area (Å²) in [6.07, 6.45) is 4.74. The second-order valence-corrected chi connectivity index (χ2v) is 5.12. The van der Waals surface area contributed by atoms with Crippen LogP contribution in [0.5, 0.6) is 0 Å². The second kappa shape index (κ2) is 6.18. The van der Waals surface area contributed by atoms with Gasteiger partial charge in [-0.05, 0) is 44.7 Å². The molecule has 0 spiro atoms. The highest BCUT2D eigenvalue weighted by Gasteiger charge is 2.28. The minimum absolute atomic E-state index is 0.322. The molecule has 1 N–H and O–H groups in total. The van der Waals surface area contributed by atoms with E-state index < -0.39 is 0 Å². The zero-order valence-corrected chi connectivity index (χ0v) is 10.7. The lowest BCUT2D eigenvalue weighted by atomic mass is 10.1. The number of benzene rings is 1. The first kappa shape index (κ1) is 12.6. The molecule has 0 heterocycles. The topological polar surface area (TPSA) is 23.5 Å². The molecule has 0 aromatic heterocycles. The Labute approximate surface area is 104 Å². The first-order valence-electron chi connectivity index (χ1n) is 6.70. The fourth-order valence-electron chi connectivity index (χ4n) is 2.30. The van der Waals surface area contributed by atoms with Gasteiger partial charge in [0.1, 0.15) is 0 Å². The molecule has 1 saturated carbocycles. The number of nitrogens with zero attached hydrogens (tertiary/aromatic N) is 1. The largest absolute Gasteiger partial charge is 0.396 e. The highest BCUT2D eigenvalue weighted by atomic mass is 16.2. The van der Waals surface area contributed by atoms with E-state index in [0.717, 1.165) is 32.0 Å². The van der Waals surface area contributed by atoms with Crippen LogP contribution >= 0.6 is 0 Å². The van der Waals surface area contributed by atoms with Crippen molar-refractivity contribution >= 4 is 0 Å². The van der Waals surface area contributed by atoms with E-state index in [0.29, 0.717) is 6.61 Å². The number of hydrogen-bond acceptors (Lipinski definition) is 2. The van der Waals surface area contributed by atoms with Crippen molar-refractivity contribution in [2.75, 3.05) is 13.2 Å². The van der Waals surface area contributed by atoms with Crippen molar-refractivity contribution in [3.8, 4) is 0 Å². The van der Waals surface area contributed by atoms with Crippen LogP contribution in [-0.4, -0.2) is 29.2 Å². The van der Waals surface area contributed by atoms with Gasteiger partial charge in [-0.1, -0.05) is 29.8 Å². The minimum atomic E-state index is 0.322. The van der Waals surface area contributed by atoms with Crippen molar-refractivity contribution in [2.24, 2.45) is 0 Å². The second-order valence-electron chi connectivity index (χ2n) is 5.12. The molecule has 1 aromatic carbocycles. The summed E-state index contributed by atoms with van der Waals surface area (Å²) in [4.78, 5) is 2.57. The third-order valence-electron chi connectivity index (χ3n) is 3.38. The van der Waals surface area contributed by atoms with Crippen LogP contribution in [0, 0.1) is 6.92 Å². The predicted octanol–water partition coefficient (Wildman–Crippen LogP) is 2.73. The molecule has 1 aliphatic rings. The zero-order valence-electron chi connectivity index (χ0n) is 10.7. The average molecular weight is 233 g/mol. The van der Waals surface area contributed by atoms with Crippen LogP contribution in [0.25, 0.3) is 0 Å². The molecular formula is C15H23NO. The van der Waals surface area contributed by atoms with E-state index in [1.54, 1.807) is 0 Å². The van der Waals surface area contributed by atoms with Gasteiger partial charge in [0.15, 0.2) is 0 Å². The summed E-state index contributed by atoms with van der Waals surface area (Å²) in [6.45, 7) is 4.66. The highest BCUT2D eigenvalue weighted by molar-refractivity contribution is 5.22. The van der Waals surface area contributed by atoms with Gasteiger partial charge in [-0.3, -0.25) is 4.90 Å². The van der Waals surface area contributed by atoms with Crippen LogP contribution in [0.4, 0.5) is 0 Å². The van der Waals surface area contributed by atoms with Gasteiger partial charge in [0.2, 0.25) is 0 Å². The fraction of sp³-hybridized carbons (Fsp3) is 0.600. The number of unbranched alkanes of at least 4 members (excludes halogenated alkanes) is 1. The van der Waals surface area contributed by atoms with Crippen LogP contribution in [0.2, 0.25) is 0 Å². The third kappa shape index (κ3) is 4.14. The molecule has 2 nitrogen and oxygen atoms in total. The minimum Gasteiger partial charge on any atom is -0.396 e. The van der Waals surface area contributed by atoms with E-state index in [1.165, 1.54) is 24.0 Å². The Balaban J connectivity index is 1.88. The summed E-state index contributed by atoms with van der Waals surface area (Å²) in [6, 6.07) is 9.59. The zero-order chi connectivity index (χ0) is 12.1.